The molecule has 2 aromatic heterocycles. The summed E-state index contributed by atoms with van der Waals surface area (Å²) in [5.41, 5.74) is 1.66. The van der Waals surface area contributed by atoms with Crippen LogP contribution >= 0.6 is 39.5 Å². The van der Waals surface area contributed by atoms with Crippen LogP contribution < -0.4 is 10.6 Å². The average Bonchev–Trinajstić information content (AvgIpc) is 3.26. The predicted molar refractivity (Wildman–Crippen MR) is 119 cm³/mol. The number of aromatic nitrogens is 1. The number of anilines is 1. The van der Waals surface area contributed by atoms with E-state index in [-0.39, 0.29) is 24.5 Å². The summed E-state index contributed by atoms with van der Waals surface area (Å²) in [7, 11) is 0. The molecular weight excluding hydrogens is 456 g/mol. The normalized spacial score (nSPS) is 18.8. The molecule has 0 bridgehead atoms. The average molecular weight is 473 g/mol. The summed E-state index contributed by atoms with van der Waals surface area (Å²) >= 11 is 10.7. The topological polar surface area (TPSA) is 57.3 Å². The van der Waals surface area contributed by atoms with Crippen LogP contribution in [0.1, 0.15) is 22.7 Å². The van der Waals surface area contributed by atoms with Crippen LogP contribution in [0.15, 0.2) is 70.6 Å². The molecule has 28 heavy (non-hydrogen) atoms. The molecular formula is C20H17BrN4OS2. The molecule has 1 aliphatic heterocycles. The van der Waals surface area contributed by atoms with E-state index < -0.39 is 0 Å². The zero-order valence-electron chi connectivity index (χ0n) is 14.7. The largest absolute Gasteiger partial charge is 0.352 e. The smallest absolute Gasteiger partial charge is 0.244 e. The van der Waals surface area contributed by atoms with E-state index in [1.165, 1.54) is 0 Å². The Bertz CT molecular complexity index is 980. The highest BCUT2D eigenvalue weighted by Gasteiger charge is 2.41. The van der Waals surface area contributed by atoms with Gasteiger partial charge < -0.3 is 15.5 Å². The number of carbonyl (C=O) groups is 1. The van der Waals surface area contributed by atoms with Crippen molar-refractivity contribution in [3.8, 4) is 0 Å². The van der Waals surface area contributed by atoms with Crippen molar-refractivity contribution in [3.63, 3.8) is 0 Å². The molecule has 0 saturated carbocycles. The van der Waals surface area contributed by atoms with Gasteiger partial charge in [0.2, 0.25) is 5.91 Å². The van der Waals surface area contributed by atoms with E-state index in [0.29, 0.717) is 5.11 Å². The van der Waals surface area contributed by atoms with Gasteiger partial charge in [-0.3, -0.25) is 9.78 Å². The second-order valence-electron chi connectivity index (χ2n) is 6.34. The van der Waals surface area contributed by atoms with E-state index in [1.807, 2.05) is 58.8 Å². The molecule has 142 valence electrons. The molecule has 2 atom stereocenters. The summed E-state index contributed by atoms with van der Waals surface area (Å²) in [4.78, 5) is 20.2. The van der Waals surface area contributed by atoms with Gasteiger partial charge in [-0.1, -0.05) is 24.3 Å². The Balaban J connectivity index is 1.61. The molecule has 0 aliphatic carbocycles. The fraction of sp³-hybridized carbons (Fsp3) is 0.150. The molecule has 2 N–H and O–H groups in total. The first-order valence-electron chi connectivity index (χ1n) is 8.69. The number of carbonyl (C=O) groups excluding carboxylic acids is 1. The second-order valence-corrected chi connectivity index (χ2v) is 8.58. The van der Waals surface area contributed by atoms with Crippen LogP contribution in [0.4, 0.5) is 5.69 Å². The summed E-state index contributed by atoms with van der Waals surface area (Å²) in [6, 6.07) is 17.1. The van der Waals surface area contributed by atoms with E-state index in [2.05, 4.69) is 37.6 Å². The van der Waals surface area contributed by atoms with E-state index in [9.17, 15) is 4.79 Å². The first-order chi connectivity index (χ1) is 13.6. The van der Waals surface area contributed by atoms with E-state index >= 15 is 0 Å². The van der Waals surface area contributed by atoms with Crippen molar-refractivity contribution in [1.29, 1.82) is 0 Å². The van der Waals surface area contributed by atoms with E-state index in [4.69, 9.17) is 12.2 Å². The molecule has 5 nitrogen and oxygen atoms in total. The minimum Gasteiger partial charge on any atom is -0.352 e. The van der Waals surface area contributed by atoms with Crippen LogP contribution in [-0.2, 0) is 4.79 Å². The van der Waals surface area contributed by atoms with Crippen molar-refractivity contribution in [1.82, 2.24) is 15.2 Å². The number of nitrogens with zero attached hydrogens (tertiary/aromatic N) is 2. The van der Waals surface area contributed by atoms with Crippen molar-refractivity contribution in [2.75, 3.05) is 11.9 Å². The van der Waals surface area contributed by atoms with Gasteiger partial charge in [-0.2, -0.15) is 0 Å². The van der Waals surface area contributed by atoms with Crippen molar-refractivity contribution in [2.24, 2.45) is 0 Å². The Hall–Kier alpha value is -2.29. The fourth-order valence-electron chi connectivity index (χ4n) is 3.24. The first-order valence-corrected chi connectivity index (χ1v) is 10.8. The summed E-state index contributed by atoms with van der Waals surface area (Å²) in [6.07, 6.45) is 1.77. The number of para-hydroxylation sites is 1. The standard InChI is InChI=1S/C20H17BrN4OS2/c21-13-10-16(28-12-13)19-18(15-8-4-5-9-22-15)24-20(27)25(19)11-17(26)23-14-6-2-1-3-7-14/h1-10,12,18-19H,11H2,(H,23,26)(H,24,27)/t18-,19+/m0/s1. The third-order valence-electron chi connectivity index (χ3n) is 4.45. The van der Waals surface area contributed by atoms with Crippen molar-refractivity contribution in [2.45, 2.75) is 12.1 Å². The van der Waals surface area contributed by atoms with Crippen LogP contribution in [0.5, 0.6) is 0 Å². The Labute approximate surface area is 180 Å². The molecule has 8 heteroatoms. The monoisotopic (exact) mass is 472 g/mol. The van der Waals surface area contributed by atoms with Gasteiger partial charge in [-0.05, 0) is 58.5 Å². The van der Waals surface area contributed by atoms with E-state index in [0.717, 1.165) is 20.7 Å². The SMILES string of the molecule is O=C(CN1C(=S)N[C@@H](c2ccccn2)[C@H]1c1cc(Br)cs1)Nc1ccccc1. The molecule has 0 spiro atoms. The van der Waals surface area contributed by atoms with Crippen LogP contribution in [0, 0.1) is 0 Å². The fourth-order valence-corrected chi connectivity index (χ4v) is 5.14. The number of thiocarbonyl (C=S) groups is 1. The zero-order chi connectivity index (χ0) is 19.5. The Kier molecular flexibility index (Phi) is 5.70. The van der Waals surface area contributed by atoms with Gasteiger partial charge in [0.05, 0.1) is 17.8 Å². The van der Waals surface area contributed by atoms with Crippen molar-refractivity contribution >= 4 is 56.2 Å². The highest BCUT2D eigenvalue weighted by molar-refractivity contribution is 9.10. The molecule has 1 aromatic carbocycles. The summed E-state index contributed by atoms with van der Waals surface area (Å²) < 4.78 is 1.01. The predicted octanol–water partition coefficient (Wildman–Crippen LogP) is 4.52. The zero-order valence-corrected chi connectivity index (χ0v) is 17.9. The first kappa shape index (κ1) is 19.0. The Morgan fingerprint density at radius 1 is 1.25 bits per heavy atom. The molecule has 3 heterocycles. The number of hydrogen-bond donors (Lipinski definition) is 2. The van der Waals surface area contributed by atoms with Gasteiger partial charge in [-0.15, -0.1) is 11.3 Å². The second kappa shape index (κ2) is 8.38. The lowest BCUT2D eigenvalue weighted by Crippen LogP contribution is -2.36. The number of benzene rings is 1. The summed E-state index contributed by atoms with van der Waals surface area (Å²) in [5.74, 6) is -0.113. The number of nitrogens with one attached hydrogen (secondary N) is 2. The van der Waals surface area contributed by atoms with Gasteiger partial charge in [-0.25, -0.2) is 0 Å². The number of pyridine rings is 1. The van der Waals surface area contributed by atoms with Gasteiger partial charge in [0.1, 0.15) is 6.54 Å². The highest BCUT2D eigenvalue weighted by atomic mass is 79.9. The maximum absolute atomic E-state index is 12.7. The molecule has 1 aliphatic rings. The maximum atomic E-state index is 12.7. The Morgan fingerprint density at radius 3 is 2.71 bits per heavy atom. The lowest BCUT2D eigenvalue weighted by molar-refractivity contribution is -0.116. The minimum absolute atomic E-state index is 0.111. The number of hydrogen-bond acceptors (Lipinski definition) is 4. The van der Waals surface area contributed by atoms with Crippen molar-refractivity contribution in [3.05, 3.63) is 81.2 Å². The third-order valence-corrected chi connectivity index (χ3v) is 6.57. The summed E-state index contributed by atoms with van der Waals surface area (Å²) in [5, 5.41) is 8.87. The minimum atomic E-state index is -0.122. The van der Waals surface area contributed by atoms with Crippen LogP contribution in [0.2, 0.25) is 0 Å². The summed E-state index contributed by atoms with van der Waals surface area (Å²) in [6.45, 7) is 0.157. The number of halogens is 1. The number of rotatable bonds is 5. The maximum Gasteiger partial charge on any atom is 0.244 e. The molecule has 3 aromatic rings. The van der Waals surface area contributed by atoms with Crippen LogP contribution in [-0.4, -0.2) is 27.4 Å². The Morgan fingerprint density at radius 2 is 2.04 bits per heavy atom. The lowest BCUT2D eigenvalue weighted by Gasteiger charge is -2.26. The molecule has 1 saturated heterocycles. The van der Waals surface area contributed by atoms with Gasteiger partial charge in [0.15, 0.2) is 5.11 Å². The molecule has 1 fully saturated rings. The molecule has 4 rings (SSSR count). The van der Waals surface area contributed by atoms with Crippen LogP contribution in [0.25, 0.3) is 0 Å². The van der Waals surface area contributed by atoms with Gasteiger partial charge >= 0.3 is 0 Å². The number of thiophene rings is 1. The lowest BCUT2D eigenvalue weighted by atomic mass is 10.0. The number of amides is 1. The molecule has 0 radical (unpaired) electrons. The quantitative estimate of drug-likeness (QED) is 0.534. The van der Waals surface area contributed by atoms with E-state index in [1.54, 1.807) is 17.5 Å². The molecule has 0 unspecified atom stereocenters. The van der Waals surface area contributed by atoms with Gasteiger partial charge in [0.25, 0.3) is 0 Å². The van der Waals surface area contributed by atoms with Crippen molar-refractivity contribution < 1.29 is 4.79 Å². The highest BCUT2D eigenvalue weighted by Crippen LogP contribution is 2.41. The van der Waals surface area contributed by atoms with Crippen LogP contribution in [0.3, 0.4) is 0 Å². The molecule has 1 amide bonds. The third kappa shape index (κ3) is 4.09. The van der Waals surface area contributed by atoms with Gasteiger partial charge in [0, 0.05) is 26.6 Å².